The lowest BCUT2D eigenvalue weighted by molar-refractivity contribution is -0.0727. The molecule has 0 aromatic carbocycles. The fraction of sp³-hybridized carbons (Fsp3) is 0.818. The van der Waals surface area contributed by atoms with Gasteiger partial charge in [0.1, 0.15) is 5.82 Å². The van der Waals surface area contributed by atoms with Gasteiger partial charge < -0.3 is 4.74 Å². The van der Waals surface area contributed by atoms with Gasteiger partial charge in [0, 0.05) is 19.6 Å². The predicted molar refractivity (Wildman–Crippen MR) is 67.0 cm³/mol. The minimum atomic E-state index is -3.82. The van der Waals surface area contributed by atoms with Crippen LogP contribution in [0.15, 0.2) is 5.16 Å². The van der Waals surface area contributed by atoms with Gasteiger partial charge in [-0.3, -0.25) is 4.57 Å². The number of aromatic nitrogens is 3. The SMILES string of the molecule is COC1(Cc2nnc(S(N)(=O)=O)n2C2CC2)CCC1. The summed E-state index contributed by atoms with van der Waals surface area (Å²) >= 11 is 0. The molecular weight excluding hydrogens is 268 g/mol. The van der Waals surface area contributed by atoms with Crippen LogP contribution < -0.4 is 5.14 Å². The Labute approximate surface area is 112 Å². The molecule has 0 radical (unpaired) electrons. The molecule has 2 fully saturated rings. The highest BCUT2D eigenvalue weighted by Crippen LogP contribution is 2.41. The average Bonchev–Trinajstić information content (AvgIpc) is 3.03. The van der Waals surface area contributed by atoms with Crippen LogP contribution in [0.5, 0.6) is 0 Å². The molecule has 2 aliphatic carbocycles. The van der Waals surface area contributed by atoms with Crippen molar-refractivity contribution >= 4 is 10.0 Å². The monoisotopic (exact) mass is 286 g/mol. The highest BCUT2D eigenvalue weighted by molar-refractivity contribution is 7.89. The molecular formula is C11H18N4O3S. The van der Waals surface area contributed by atoms with Gasteiger partial charge in [-0.15, -0.1) is 10.2 Å². The van der Waals surface area contributed by atoms with Crippen LogP contribution >= 0.6 is 0 Å². The number of nitrogens with zero attached hydrogens (tertiary/aromatic N) is 3. The summed E-state index contributed by atoms with van der Waals surface area (Å²) < 4.78 is 30.3. The normalized spacial score (nSPS) is 22.2. The molecule has 1 aromatic rings. The lowest BCUT2D eigenvalue weighted by atomic mass is 9.77. The lowest BCUT2D eigenvalue weighted by Gasteiger charge is -2.40. The number of primary sulfonamides is 1. The topological polar surface area (TPSA) is 100 Å². The van der Waals surface area contributed by atoms with Gasteiger partial charge in [0.05, 0.1) is 5.60 Å². The van der Waals surface area contributed by atoms with Crippen molar-refractivity contribution in [3.63, 3.8) is 0 Å². The number of methoxy groups -OCH3 is 1. The molecule has 2 N–H and O–H groups in total. The van der Waals surface area contributed by atoms with Crippen LogP contribution in [0.4, 0.5) is 0 Å². The van der Waals surface area contributed by atoms with Crippen molar-refractivity contribution in [3.8, 4) is 0 Å². The highest BCUT2D eigenvalue weighted by Gasteiger charge is 2.41. The summed E-state index contributed by atoms with van der Waals surface area (Å²) in [5.41, 5.74) is -0.199. The van der Waals surface area contributed by atoms with Crippen molar-refractivity contribution in [2.45, 2.75) is 55.3 Å². The molecule has 0 atom stereocenters. The van der Waals surface area contributed by atoms with Crippen molar-refractivity contribution in [1.29, 1.82) is 0 Å². The molecule has 2 aliphatic rings. The van der Waals surface area contributed by atoms with E-state index in [0.717, 1.165) is 32.1 Å². The predicted octanol–water partition coefficient (Wildman–Crippen LogP) is 0.372. The fourth-order valence-corrected chi connectivity index (χ4v) is 3.32. The van der Waals surface area contributed by atoms with E-state index in [9.17, 15) is 8.42 Å². The Morgan fingerprint density at radius 1 is 1.42 bits per heavy atom. The molecule has 1 aromatic heterocycles. The zero-order valence-electron chi connectivity index (χ0n) is 10.9. The van der Waals surface area contributed by atoms with Crippen LogP contribution in [0.2, 0.25) is 0 Å². The highest BCUT2D eigenvalue weighted by atomic mass is 32.2. The second-order valence-corrected chi connectivity index (χ2v) is 6.92. The second kappa shape index (κ2) is 4.26. The fourth-order valence-electron chi connectivity index (χ4n) is 2.63. The minimum Gasteiger partial charge on any atom is -0.378 e. The molecule has 1 heterocycles. The lowest BCUT2D eigenvalue weighted by Crippen LogP contribution is -2.42. The molecule has 0 saturated heterocycles. The largest absolute Gasteiger partial charge is 0.378 e. The van der Waals surface area contributed by atoms with E-state index in [0.29, 0.717) is 12.2 Å². The maximum atomic E-state index is 11.5. The number of ether oxygens (including phenoxy) is 1. The first-order valence-corrected chi connectivity index (χ1v) is 8.02. The molecule has 3 rings (SSSR count). The first-order valence-electron chi connectivity index (χ1n) is 6.47. The Kier molecular flexibility index (Phi) is 2.91. The van der Waals surface area contributed by atoms with Crippen molar-refractivity contribution in [3.05, 3.63) is 5.82 Å². The molecule has 106 valence electrons. The Hall–Kier alpha value is -0.990. The first kappa shape index (κ1) is 13.0. The van der Waals surface area contributed by atoms with Crippen molar-refractivity contribution < 1.29 is 13.2 Å². The third-order valence-corrected chi connectivity index (χ3v) is 4.87. The third kappa shape index (κ3) is 2.28. The number of rotatable bonds is 5. The second-order valence-electron chi connectivity index (χ2n) is 5.46. The van der Waals surface area contributed by atoms with Crippen LogP contribution in [0, 0.1) is 0 Å². The van der Waals surface area contributed by atoms with E-state index in [1.54, 1.807) is 11.7 Å². The zero-order valence-corrected chi connectivity index (χ0v) is 11.7. The Morgan fingerprint density at radius 3 is 2.53 bits per heavy atom. The van der Waals surface area contributed by atoms with Crippen molar-refractivity contribution in [1.82, 2.24) is 14.8 Å². The van der Waals surface area contributed by atoms with E-state index >= 15 is 0 Å². The smallest absolute Gasteiger partial charge is 0.273 e. The maximum absolute atomic E-state index is 11.5. The van der Waals surface area contributed by atoms with Crippen molar-refractivity contribution in [2.75, 3.05) is 7.11 Å². The Bertz CT molecular complexity index is 582. The Balaban J connectivity index is 1.96. The van der Waals surface area contributed by atoms with E-state index in [1.165, 1.54) is 0 Å². The molecule has 0 bridgehead atoms. The van der Waals surface area contributed by atoms with Crippen LogP contribution in [0.3, 0.4) is 0 Å². The quantitative estimate of drug-likeness (QED) is 0.843. The zero-order chi connectivity index (χ0) is 13.7. The Morgan fingerprint density at radius 2 is 2.11 bits per heavy atom. The standard InChI is InChI=1S/C11H18N4O3S/c1-18-11(5-2-6-11)7-9-13-14-10(19(12,16)17)15(9)8-3-4-8/h8H,2-7H2,1H3,(H2,12,16,17). The summed E-state index contributed by atoms with van der Waals surface area (Å²) in [6.07, 6.45) is 5.59. The van der Waals surface area contributed by atoms with Crippen LogP contribution in [-0.4, -0.2) is 35.9 Å². The summed E-state index contributed by atoms with van der Waals surface area (Å²) in [6, 6.07) is 0.173. The van der Waals surface area contributed by atoms with Crippen LogP contribution in [0.1, 0.15) is 44.0 Å². The van der Waals surface area contributed by atoms with Gasteiger partial charge in [0.25, 0.3) is 15.2 Å². The summed E-state index contributed by atoms with van der Waals surface area (Å²) in [7, 11) is -2.13. The summed E-state index contributed by atoms with van der Waals surface area (Å²) in [5, 5.41) is 12.9. The van der Waals surface area contributed by atoms with E-state index in [1.807, 2.05) is 0 Å². The van der Waals surface area contributed by atoms with E-state index in [2.05, 4.69) is 10.2 Å². The number of hydrogen-bond donors (Lipinski definition) is 1. The number of sulfonamides is 1. The van der Waals surface area contributed by atoms with E-state index < -0.39 is 10.0 Å². The molecule has 19 heavy (non-hydrogen) atoms. The molecule has 0 spiro atoms. The van der Waals surface area contributed by atoms with Crippen LogP contribution in [0.25, 0.3) is 0 Å². The summed E-state index contributed by atoms with van der Waals surface area (Å²) in [6.45, 7) is 0. The molecule has 2 saturated carbocycles. The molecule has 0 amide bonds. The number of hydrogen-bond acceptors (Lipinski definition) is 5. The maximum Gasteiger partial charge on any atom is 0.273 e. The third-order valence-electron chi connectivity index (χ3n) is 4.08. The van der Waals surface area contributed by atoms with Crippen molar-refractivity contribution in [2.24, 2.45) is 5.14 Å². The van der Waals surface area contributed by atoms with Gasteiger partial charge in [-0.25, -0.2) is 13.6 Å². The molecule has 0 unspecified atom stereocenters. The molecule has 8 heteroatoms. The average molecular weight is 286 g/mol. The van der Waals surface area contributed by atoms with E-state index in [-0.39, 0.29) is 16.8 Å². The minimum absolute atomic E-state index is 0.115. The van der Waals surface area contributed by atoms with Gasteiger partial charge in [-0.05, 0) is 32.1 Å². The number of nitrogens with two attached hydrogens (primary N) is 1. The van der Waals surface area contributed by atoms with Crippen LogP contribution in [-0.2, 0) is 21.2 Å². The van der Waals surface area contributed by atoms with Gasteiger partial charge in [0.2, 0.25) is 0 Å². The van der Waals surface area contributed by atoms with Gasteiger partial charge in [-0.1, -0.05) is 0 Å². The van der Waals surface area contributed by atoms with Gasteiger partial charge in [-0.2, -0.15) is 0 Å². The summed E-state index contributed by atoms with van der Waals surface area (Å²) in [4.78, 5) is 0. The van der Waals surface area contributed by atoms with E-state index in [4.69, 9.17) is 9.88 Å². The summed E-state index contributed by atoms with van der Waals surface area (Å²) in [5.74, 6) is 0.674. The van der Waals surface area contributed by atoms with Gasteiger partial charge in [0.15, 0.2) is 0 Å². The van der Waals surface area contributed by atoms with Gasteiger partial charge >= 0.3 is 0 Å². The first-order chi connectivity index (χ1) is 8.95. The molecule has 0 aliphatic heterocycles. The molecule has 7 nitrogen and oxygen atoms in total.